The highest BCUT2D eigenvalue weighted by molar-refractivity contribution is 8.11. The highest BCUT2D eigenvalue weighted by atomic mass is 32.2. The van der Waals surface area contributed by atoms with Gasteiger partial charge in [-0.15, -0.1) is 0 Å². The largest absolute Gasteiger partial charge is 0.492 e. The molecule has 202 valence electrons. The molecule has 0 bridgehead atoms. The van der Waals surface area contributed by atoms with Crippen LogP contribution in [0.4, 0.5) is 4.39 Å². The second kappa shape index (κ2) is 14.4. The van der Waals surface area contributed by atoms with Crippen molar-refractivity contribution in [2.45, 2.75) is 46.3 Å². The molecule has 7 heteroatoms. The number of benzene rings is 1. The molecule has 0 radical (unpaired) electrons. The van der Waals surface area contributed by atoms with Crippen molar-refractivity contribution in [3.63, 3.8) is 0 Å². The summed E-state index contributed by atoms with van der Waals surface area (Å²) in [6.45, 7) is 24.4. The summed E-state index contributed by atoms with van der Waals surface area (Å²) in [5.74, 6) is 0.749. The predicted octanol–water partition coefficient (Wildman–Crippen LogP) is 6.86. The van der Waals surface area contributed by atoms with Gasteiger partial charge in [-0.25, -0.2) is 4.39 Å². The minimum absolute atomic E-state index is 0.198. The molecule has 1 aliphatic heterocycles. The molecule has 37 heavy (non-hydrogen) atoms. The van der Waals surface area contributed by atoms with E-state index in [0.29, 0.717) is 25.5 Å². The Hall–Kier alpha value is -2.61. The number of hydrogen-bond acceptors (Lipinski definition) is 6. The molecular weight excluding hydrogens is 485 g/mol. The number of morpholine rings is 1. The third kappa shape index (κ3) is 9.99. The SMILES string of the molecule is C=C/C(=C\N=C(C)C(C)(C)F)CNC(=C)c1cc(OC[C@H]2COCCN2C)cc(C(=C)S/C(C)=C\C)c1. The molecule has 5 nitrogen and oxygen atoms in total. The summed E-state index contributed by atoms with van der Waals surface area (Å²) in [5, 5.41) is 3.34. The number of ether oxygens (including phenoxy) is 2. The van der Waals surface area contributed by atoms with Gasteiger partial charge in [-0.1, -0.05) is 43.7 Å². The molecule has 0 amide bonds. The summed E-state index contributed by atoms with van der Waals surface area (Å²) in [5.41, 5.74) is 2.35. The Labute approximate surface area is 226 Å². The number of allylic oxidation sites excluding steroid dienone is 2. The molecule has 1 N–H and O–H groups in total. The molecule has 0 spiro atoms. The van der Waals surface area contributed by atoms with Crippen LogP contribution in [0.3, 0.4) is 0 Å². The molecule has 1 saturated heterocycles. The van der Waals surface area contributed by atoms with E-state index >= 15 is 0 Å². The quantitative estimate of drug-likeness (QED) is 0.224. The summed E-state index contributed by atoms with van der Waals surface area (Å²) in [7, 11) is 2.09. The van der Waals surface area contributed by atoms with Gasteiger partial charge in [0.1, 0.15) is 18.0 Å². The number of hydrogen-bond donors (Lipinski definition) is 1. The van der Waals surface area contributed by atoms with Gasteiger partial charge >= 0.3 is 0 Å². The lowest BCUT2D eigenvalue weighted by atomic mass is 10.1. The lowest BCUT2D eigenvalue weighted by molar-refractivity contribution is -0.0108. The molecule has 1 aromatic rings. The van der Waals surface area contributed by atoms with Gasteiger partial charge in [0.05, 0.1) is 25.0 Å². The van der Waals surface area contributed by atoms with Crippen molar-refractivity contribution >= 4 is 28.1 Å². The van der Waals surface area contributed by atoms with E-state index in [1.165, 1.54) is 18.8 Å². The van der Waals surface area contributed by atoms with Gasteiger partial charge in [0, 0.05) is 35.5 Å². The summed E-state index contributed by atoms with van der Waals surface area (Å²) in [4.78, 5) is 8.62. The number of halogens is 1. The van der Waals surface area contributed by atoms with Gasteiger partial charge in [0.25, 0.3) is 0 Å². The number of thioether (sulfide) groups is 1. The number of nitrogens with zero attached hydrogens (tertiary/aromatic N) is 2. The third-order valence-corrected chi connectivity index (χ3v) is 7.32. The fourth-order valence-electron chi connectivity index (χ4n) is 3.25. The van der Waals surface area contributed by atoms with Gasteiger partial charge in [-0.3, -0.25) is 9.89 Å². The Morgan fingerprint density at radius 2 is 2.00 bits per heavy atom. The predicted molar refractivity (Wildman–Crippen MR) is 159 cm³/mol. The lowest BCUT2D eigenvalue weighted by Crippen LogP contribution is -2.46. The summed E-state index contributed by atoms with van der Waals surface area (Å²) in [6.07, 6.45) is 5.40. The molecule has 1 fully saturated rings. The smallest absolute Gasteiger partial charge is 0.143 e. The van der Waals surface area contributed by atoms with Gasteiger partial charge in [0.2, 0.25) is 0 Å². The number of likely N-dealkylation sites (N-methyl/N-ethyl adjacent to an activating group) is 1. The van der Waals surface area contributed by atoms with E-state index in [1.54, 1.807) is 31.0 Å². The molecule has 1 heterocycles. The molecule has 0 unspecified atom stereocenters. The van der Waals surface area contributed by atoms with Crippen molar-refractivity contribution in [1.82, 2.24) is 10.2 Å². The molecule has 2 rings (SSSR count). The van der Waals surface area contributed by atoms with Crippen molar-refractivity contribution in [1.29, 1.82) is 0 Å². The maximum Gasteiger partial charge on any atom is 0.143 e. The number of rotatable bonds is 13. The Balaban J connectivity index is 2.23. The van der Waals surface area contributed by atoms with Gasteiger partial charge in [-0.05, 0) is 75.9 Å². The van der Waals surface area contributed by atoms with Crippen LogP contribution in [-0.2, 0) is 4.74 Å². The van der Waals surface area contributed by atoms with Crippen LogP contribution >= 0.6 is 11.8 Å². The van der Waals surface area contributed by atoms with Crippen molar-refractivity contribution < 1.29 is 13.9 Å². The van der Waals surface area contributed by atoms with Crippen LogP contribution in [0.15, 0.2) is 71.8 Å². The third-order valence-electron chi connectivity index (χ3n) is 6.28. The molecule has 1 aliphatic rings. The van der Waals surface area contributed by atoms with E-state index < -0.39 is 5.67 Å². The first-order valence-corrected chi connectivity index (χ1v) is 13.3. The number of alkyl halides is 1. The van der Waals surface area contributed by atoms with Crippen molar-refractivity contribution in [2.75, 3.05) is 40.0 Å². The van der Waals surface area contributed by atoms with Crippen molar-refractivity contribution in [3.8, 4) is 5.75 Å². The summed E-state index contributed by atoms with van der Waals surface area (Å²) in [6, 6.07) is 6.25. The zero-order valence-corrected chi connectivity index (χ0v) is 24.0. The van der Waals surface area contributed by atoms with Crippen LogP contribution in [-0.4, -0.2) is 62.3 Å². The van der Waals surface area contributed by atoms with E-state index in [0.717, 1.165) is 46.2 Å². The highest BCUT2D eigenvalue weighted by Gasteiger charge is 2.21. The first-order chi connectivity index (χ1) is 17.4. The average molecular weight is 528 g/mol. The summed E-state index contributed by atoms with van der Waals surface area (Å²) >= 11 is 1.63. The lowest BCUT2D eigenvalue weighted by Gasteiger charge is -2.32. The standard InChI is InChI=1S/C30H42FN3O2S/c1-10-21(3)37-23(5)27-14-26(15-29(16-27)36-20-28-19-35-13-12-34(28)9)22(4)32-17-25(11-2)18-33-24(6)30(7,8)31/h10-11,14-16,18,28,32H,2,4-5,12-13,17,19-20H2,1,3,6-9H3/b21-10-,25-18+,33-24?/t28-/m1/s1. The zero-order chi connectivity index (χ0) is 27.6. The van der Waals surface area contributed by atoms with Crippen molar-refractivity contribution in [3.05, 3.63) is 77.9 Å². The fourth-order valence-corrected chi connectivity index (χ4v) is 3.99. The van der Waals surface area contributed by atoms with E-state index in [9.17, 15) is 4.39 Å². The van der Waals surface area contributed by atoms with Crippen molar-refractivity contribution in [2.24, 2.45) is 4.99 Å². The van der Waals surface area contributed by atoms with E-state index in [4.69, 9.17) is 9.47 Å². The zero-order valence-electron chi connectivity index (χ0n) is 23.2. The van der Waals surface area contributed by atoms with Crippen LogP contribution < -0.4 is 10.1 Å². The number of nitrogens with one attached hydrogen (secondary N) is 1. The Morgan fingerprint density at radius 3 is 2.62 bits per heavy atom. The molecule has 1 atom stereocenters. The second-order valence-corrected chi connectivity index (χ2v) is 11.0. The maximum atomic E-state index is 14.1. The van der Waals surface area contributed by atoms with Gasteiger partial charge in [-0.2, -0.15) is 0 Å². The van der Waals surface area contributed by atoms with E-state index in [2.05, 4.69) is 61.1 Å². The monoisotopic (exact) mass is 527 g/mol. The average Bonchev–Trinajstić information content (AvgIpc) is 2.87. The van der Waals surface area contributed by atoms with Crippen LogP contribution in [0.1, 0.15) is 45.7 Å². The van der Waals surface area contributed by atoms with E-state index in [-0.39, 0.29) is 6.04 Å². The fraction of sp³-hybridized carbons (Fsp3) is 0.433. The summed E-state index contributed by atoms with van der Waals surface area (Å²) < 4.78 is 25.9. The molecule has 1 aromatic carbocycles. The topological polar surface area (TPSA) is 46.1 Å². The Kier molecular flexibility index (Phi) is 11.9. The first-order valence-electron chi connectivity index (χ1n) is 12.5. The molecule has 0 aliphatic carbocycles. The minimum atomic E-state index is -1.47. The minimum Gasteiger partial charge on any atom is -0.492 e. The first kappa shape index (κ1) is 30.6. The normalized spacial score (nSPS) is 17.9. The Bertz CT molecular complexity index is 1070. The van der Waals surface area contributed by atoms with E-state index in [1.807, 2.05) is 19.1 Å². The number of aliphatic imine (C=N–C) groups is 1. The van der Waals surface area contributed by atoms with Crippen LogP contribution in [0.5, 0.6) is 5.75 Å². The Morgan fingerprint density at radius 1 is 1.30 bits per heavy atom. The highest BCUT2D eigenvalue weighted by Crippen LogP contribution is 2.35. The van der Waals surface area contributed by atoms with Gasteiger partial charge in [0.15, 0.2) is 0 Å². The molecule has 0 saturated carbocycles. The maximum absolute atomic E-state index is 14.1. The van der Waals surface area contributed by atoms with Gasteiger partial charge < -0.3 is 14.8 Å². The van der Waals surface area contributed by atoms with Crippen LogP contribution in [0.25, 0.3) is 10.6 Å². The van der Waals surface area contributed by atoms with Crippen LogP contribution in [0, 0.1) is 0 Å². The van der Waals surface area contributed by atoms with Crippen LogP contribution in [0.2, 0.25) is 0 Å². The molecular formula is C30H42FN3O2S. The second-order valence-electron chi connectivity index (χ2n) is 9.62. The molecule has 0 aromatic heterocycles.